The van der Waals surface area contributed by atoms with Crippen LogP contribution in [-0.4, -0.2) is 23.0 Å². The molecular weight excluding hydrogens is 196 g/mol. The van der Waals surface area contributed by atoms with E-state index in [9.17, 15) is 0 Å². The lowest BCUT2D eigenvalue weighted by Gasteiger charge is -2.20. The molecule has 1 aromatic rings. The Morgan fingerprint density at radius 1 is 1.19 bits per heavy atom. The van der Waals surface area contributed by atoms with E-state index in [0.717, 1.165) is 19.8 Å². The SMILES string of the molecule is C=Cc1ccc(CN2C=CN(CC)C2)cc1. The molecule has 0 amide bonds. The van der Waals surface area contributed by atoms with Crippen molar-refractivity contribution in [2.24, 2.45) is 0 Å². The largest absolute Gasteiger partial charge is 0.359 e. The van der Waals surface area contributed by atoms with Gasteiger partial charge in [-0.2, -0.15) is 0 Å². The van der Waals surface area contributed by atoms with E-state index >= 15 is 0 Å². The van der Waals surface area contributed by atoms with Gasteiger partial charge in [-0.05, 0) is 18.1 Å². The Kier molecular flexibility index (Phi) is 3.30. The zero-order valence-electron chi connectivity index (χ0n) is 9.76. The molecule has 2 nitrogen and oxygen atoms in total. The quantitative estimate of drug-likeness (QED) is 0.760. The van der Waals surface area contributed by atoms with E-state index in [-0.39, 0.29) is 0 Å². The van der Waals surface area contributed by atoms with Crippen LogP contribution in [0.5, 0.6) is 0 Å². The summed E-state index contributed by atoms with van der Waals surface area (Å²) in [6, 6.07) is 8.55. The molecule has 16 heavy (non-hydrogen) atoms. The predicted octanol–water partition coefficient (Wildman–Crippen LogP) is 2.90. The third kappa shape index (κ3) is 2.45. The molecule has 1 aromatic carbocycles. The van der Waals surface area contributed by atoms with Crippen LogP contribution < -0.4 is 0 Å². The first-order chi connectivity index (χ1) is 7.81. The molecule has 0 saturated carbocycles. The second kappa shape index (κ2) is 4.88. The van der Waals surface area contributed by atoms with Crippen molar-refractivity contribution in [1.82, 2.24) is 9.80 Å². The maximum absolute atomic E-state index is 3.76. The van der Waals surface area contributed by atoms with Gasteiger partial charge in [0.2, 0.25) is 0 Å². The third-order valence-electron chi connectivity index (χ3n) is 2.86. The van der Waals surface area contributed by atoms with E-state index in [1.54, 1.807) is 0 Å². The zero-order valence-corrected chi connectivity index (χ0v) is 9.76. The summed E-state index contributed by atoms with van der Waals surface area (Å²) in [5, 5.41) is 0. The summed E-state index contributed by atoms with van der Waals surface area (Å²) in [5.41, 5.74) is 2.52. The van der Waals surface area contributed by atoms with E-state index in [1.165, 1.54) is 11.1 Å². The van der Waals surface area contributed by atoms with Crippen molar-refractivity contribution < 1.29 is 0 Å². The molecular formula is C14H18N2. The van der Waals surface area contributed by atoms with Crippen LogP contribution in [0.2, 0.25) is 0 Å². The molecule has 0 spiro atoms. The lowest BCUT2D eigenvalue weighted by atomic mass is 10.1. The fourth-order valence-electron chi connectivity index (χ4n) is 1.82. The molecule has 1 aliphatic heterocycles. The van der Waals surface area contributed by atoms with Crippen LogP contribution in [0.15, 0.2) is 43.2 Å². The van der Waals surface area contributed by atoms with E-state index in [4.69, 9.17) is 0 Å². The molecule has 0 atom stereocenters. The summed E-state index contributed by atoms with van der Waals surface area (Å²) >= 11 is 0. The molecule has 0 aromatic heterocycles. The maximum Gasteiger partial charge on any atom is 0.0897 e. The van der Waals surface area contributed by atoms with E-state index < -0.39 is 0 Å². The van der Waals surface area contributed by atoms with Gasteiger partial charge in [0.25, 0.3) is 0 Å². The molecule has 0 aliphatic carbocycles. The molecule has 2 rings (SSSR count). The molecule has 0 N–H and O–H groups in total. The van der Waals surface area contributed by atoms with Crippen LogP contribution in [0.4, 0.5) is 0 Å². The van der Waals surface area contributed by atoms with E-state index in [2.05, 4.69) is 60.0 Å². The number of nitrogens with zero attached hydrogens (tertiary/aromatic N) is 2. The summed E-state index contributed by atoms with van der Waals surface area (Å²) in [6.45, 7) is 8.98. The molecule has 1 aliphatic rings. The minimum atomic E-state index is 0.977. The highest BCUT2D eigenvalue weighted by molar-refractivity contribution is 5.47. The van der Waals surface area contributed by atoms with Crippen LogP contribution in [0.1, 0.15) is 18.1 Å². The van der Waals surface area contributed by atoms with Gasteiger partial charge in [-0.25, -0.2) is 0 Å². The Bertz CT molecular complexity index is 378. The van der Waals surface area contributed by atoms with Gasteiger partial charge in [0.1, 0.15) is 0 Å². The van der Waals surface area contributed by atoms with Gasteiger partial charge >= 0.3 is 0 Å². The monoisotopic (exact) mass is 214 g/mol. The minimum absolute atomic E-state index is 0.977. The minimum Gasteiger partial charge on any atom is -0.359 e. The standard InChI is InChI=1S/C14H18N2/c1-3-13-5-7-14(8-6-13)11-16-10-9-15(4-2)12-16/h3,5-10H,1,4,11-12H2,2H3. The highest BCUT2D eigenvalue weighted by Gasteiger charge is 2.10. The van der Waals surface area contributed by atoms with Crippen LogP contribution in [0.25, 0.3) is 6.08 Å². The number of hydrogen-bond acceptors (Lipinski definition) is 2. The summed E-state index contributed by atoms with van der Waals surface area (Å²) in [6.07, 6.45) is 6.18. The van der Waals surface area contributed by atoms with Crippen molar-refractivity contribution in [3.63, 3.8) is 0 Å². The second-order valence-corrected chi connectivity index (χ2v) is 4.04. The normalized spacial score (nSPS) is 14.6. The molecule has 84 valence electrons. The van der Waals surface area contributed by atoms with Crippen molar-refractivity contribution >= 4 is 6.08 Å². The van der Waals surface area contributed by atoms with Crippen LogP contribution in [0, 0.1) is 0 Å². The van der Waals surface area contributed by atoms with Crippen molar-refractivity contribution in [1.29, 1.82) is 0 Å². The van der Waals surface area contributed by atoms with Crippen LogP contribution in [0.3, 0.4) is 0 Å². The lowest BCUT2D eigenvalue weighted by Crippen LogP contribution is -2.24. The first-order valence-electron chi connectivity index (χ1n) is 5.69. The molecule has 0 bridgehead atoms. The maximum atomic E-state index is 3.76. The summed E-state index contributed by atoms with van der Waals surface area (Å²) in [5.74, 6) is 0. The van der Waals surface area contributed by atoms with E-state index in [0.29, 0.717) is 0 Å². The van der Waals surface area contributed by atoms with Gasteiger partial charge in [0.15, 0.2) is 0 Å². The first-order valence-corrected chi connectivity index (χ1v) is 5.69. The summed E-state index contributed by atoms with van der Waals surface area (Å²) in [7, 11) is 0. The van der Waals surface area contributed by atoms with Gasteiger partial charge in [-0.15, -0.1) is 0 Å². The fourth-order valence-corrected chi connectivity index (χ4v) is 1.82. The van der Waals surface area contributed by atoms with Gasteiger partial charge in [0.05, 0.1) is 6.67 Å². The van der Waals surface area contributed by atoms with Crippen LogP contribution >= 0.6 is 0 Å². The Labute approximate surface area is 97.5 Å². The molecule has 0 unspecified atom stereocenters. The summed E-state index contributed by atoms with van der Waals surface area (Å²) < 4.78 is 0. The zero-order chi connectivity index (χ0) is 11.4. The Morgan fingerprint density at radius 3 is 2.44 bits per heavy atom. The number of rotatable bonds is 4. The van der Waals surface area contributed by atoms with Gasteiger partial charge in [-0.3, -0.25) is 0 Å². The third-order valence-corrected chi connectivity index (χ3v) is 2.86. The molecule has 0 fully saturated rings. The van der Waals surface area contributed by atoms with Crippen molar-refractivity contribution in [2.45, 2.75) is 13.5 Å². The van der Waals surface area contributed by atoms with Crippen molar-refractivity contribution in [2.75, 3.05) is 13.2 Å². The Hall–Kier alpha value is -1.70. The average Bonchev–Trinajstić information content (AvgIpc) is 2.78. The highest BCUT2D eigenvalue weighted by Crippen LogP contribution is 2.12. The first kappa shape index (κ1) is 10.8. The Morgan fingerprint density at radius 2 is 1.88 bits per heavy atom. The molecule has 2 heteroatoms. The lowest BCUT2D eigenvalue weighted by molar-refractivity contribution is 0.268. The van der Waals surface area contributed by atoms with Crippen molar-refractivity contribution in [3.8, 4) is 0 Å². The summed E-state index contributed by atoms with van der Waals surface area (Å²) in [4.78, 5) is 4.60. The van der Waals surface area contributed by atoms with Gasteiger partial charge in [0, 0.05) is 25.5 Å². The molecule has 1 heterocycles. The smallest absolute Gasteiger partial charge is 0.0897 e. The predicted molar refractivity (Wildman–Crippen MR) is 68.5 cm³/mol. The molecule has 0 radical (unpaired) electrons. The second-order valence-electron chi connectivity index (χ2n) is 4.04. The fraction of sp³-hybridized carbons (Fsp3) is 0.286. The highest BCUT2D eigenvalue weighted by atomic mass is 15.3. The number of benzene rings is 1. The average molecular weight is 214 g/mol. The van der Waals surface area contributed by atoms with E-state index in [1.807, 2.05) is 6.08 Å². The number of hydrogen-bond donors (Lipinski definition) is 0. The van der Waals surface area contributed by atoms with Gasteiger partial charge < -0.3 is 9.80 Å². The van der Waals surface area contributed by atoms with Crippen molar-refractivity contribution in [3.05, 3.63) is 54.4 Å². The topological polar surface area (TPSA) is 6.48 Å². The van der Waals surface area contributed by atoms with Crippen LogP contribution in [-0.2, 0) is 6.54 Å². The van der Waals surface area contributed by atoms with Gasteiger partial charge in [-0.1, -0.05) is 36.9 Å². The molecule has 0 saturated heterocycles. The Balaban J connectivity index is 1.94.